The lowest BCUT2D eigenvalue weighted by molar-refractivity contribution is 0.629. The Morgan fingerprint density at radius 3 is 1.57 bits per heavy atom. The van der Waals surface area contributed by atoms with Gasteiger partial charge in [0.25, 0.3) is 0 Å². The van der Waals surface area contributed by atoms with Gasteiger partial charge >= 0.3 is 0 Å². The zero-order valence-corrected chi connectivity index (χ0v) is 10.6. The number of hydrogen-bond acceptors (Lipinski definition) is 2. The van der Waals surface area contributed by atoms with Crippen LogP contribution in [-0.2, 0) is 4.12 Å². The minimum Gasteiger partial charge on any atom is -0.466 e. The van der Waals surface area contributed by atoms with Crippen LogP contribution in [0.25, 0.3) is 0 Å². The normalized spacial score (nSPS) is 8.57. The number of rotatable bonds is 1. The maximum Gasteiger partial charge on any atom is 0.156 e. The third kappa shape index (κ3) is 20.8. The van der Waals surface area contributed by atoms with Crippen molar-refractivity contribution in [1.29, 1.82) is 0 Å². The summed E-state index contributed by atoms with van der Waals surface area (Å²) in [6, 6.07) is 0. The van der Waals surface area contributed by atoms with Crippen LogP contribution in [0.5, 0.6) is 0 Å². The Balaban J connectivity index is 0. The monoisotopic (exact) mass is 154 g/mol. The van der Waals surface area contributed by atoms with E-state index >= 15 is 0 Å². The minimum atomic E-state index is -0.588. The smallest absolute Gasteiger partial charge is 0.156 e. The summed E-state index contributed by atoms with van der Waals surface area (Å²) in [4.78, 5) is 7.14. The molecule has 2 nitrogen and oxygen atoms in total. The summed E-state index contributed by atoms with van der Waals surface area (Å²) < 4.78 is 5.03. The minimum absolute atomic E-state index is 0.306. The van der Waals surface area contributed by atoms with Gasteiger partial charge in [-0.3, -0.25) is 0 Å². The van der Waals surface area contributed by atoms with Crippen LogP contribution in [0.15, 0.2) is 0 Å². The summed E-state index contributed by atoms with van der Waals surface area (Å²) >= 11 is 0. The molecule has 0 aromatic rings. The maximum atomic E-state index is 7.14. The predicted molar refractivity (Wildman–Crippen MR) is 42.1 cm³/mol. The summed E-state index contributed by atoms with van der Waals surface area (Å²) in [5.74, 6) is 0. The van der Waals surface area contributed by atoms with E-state index in [0.717, 1.165) is 10.5 Å². The molecule has 5 heteroatoms. The molecular weight excluding hydrogens is 140 g/mol. The van der Waals surface area contributed by atoms with Crippen molar-refractivity contribution in [2.45, 2.75) is 13.1 Å². The molecule has 0 heterocycles. The van der Waals surface area contributed by atoms with Gasteiger partial charge in [-0.2, -0.15) is 0 Å². The van der Waals surface area contributed by atoms with Crippen molar-refractivity contribution in [2.75, 3.05) is 0 Å². The molecule has 0 aliphatic heterocycles. The molecule has 0 amide bonds. The van der Waals surface area contributed by atoms with Gasteiger partial charge in [-0.05, 0) is 13.1 Å². The van der Waals surface area contributed by atoms with Gasteiger partial charge < -0.3 is 8.91 Å². The van der Waals surface area contributed by atoms with E-state index in [1.807, 2.05) is 0 Å². The summed E-state index contributed by atoms with van der Waals surface area (Å²) in [5, 5.41) is 0. The van der Waals surface area contributed by atoms with Crippen molar-refractivity contribution in [3.63, 3.8) is 0 Å². The average Bonchev–Trinajstić information content (AvgIpc) is 1.73. The lowest BCUT2D eigenvalue weighted by Crippen LogP contribution is -2.02. The summed E-state index contributed by atoms with van der Waals surface area (Å²) in [6.07, 6.45) is 0. The first-order valence-corrected chi connectivity index (χ1v) is 6.74. The van der Waals surface area contributed by atoms with Crippen LogP contribution in [0, 0.1) is 0 Å². The molecule has 0 aliphatic rings. The predicted octanol–water partition coefficient (Wildman–Crippen LogP) is -2.47. The van der Waals surface area contributed by atoms with Crippen molar-refractivity contribution in [3.8, 4) is 0 Å². The van der Waals surface area contributed by atoms with Gasteiger partial charge in [-0.25, -0.2) is 0 Å². The van der Waals surface area contributed by atoms with Crippen LogP contribution in [-0.4, -0.2) is 34.8 Å². The molecule has 0 rings (SSSR count). The molecule has 0 atom stereocenters. The molecule has 0 aromatic carbocycles. The van der Waals surface area contributed by atoms with Gasteiger partial charge in [0.05, 0.1) is 0 Å². The fourth-order valence-electron chi connectivity index (χ4n) is 0. The Morgan fingerprint density at radius 2 is 1.57 bits per heavy atom. The third-order valence-electron chi connectivity index (χ3n) is 0.471. The SMILES string of the molecule is C[SiH](C)O[SiH3].O[SiH3]. The highest BCUT2D eigenvalue weighted by Crippen LogP contribution is 1.72. The van der Waals surface area contributed by atoms with Gasteiger partial charge in [-0.1, -0.05) is 0 Å². The van der Waals surface area contributed by atoms with E-state index in [0.29, 0.717) is 10.5 Å². The highest BCUT2D eigenvalue weighted by atomic mass is 28.3. The van der Waals surface area contributed by atoms with E-state index in [9.17, 15) is 0 Å². The van der Waals surface area contributed by atoms with Crippen LogP contribution in [0.3, 0.4) is 0 Å². The lowest BCUT2D eigenvalue weighted by Gasteiger charge is -1.93. The highest BCUT2D eigenvalue weighted by molar-refractivity contribution is 6.52. The Hall–Kier alpha value is 0.571. The van der Waals surface area contributed by atoms with E-state index in [1.165, 1.54) is 0 Å². The topological polar surface area (TPSA) is 29.5 Å². The van der Waals surface area contributed by atoms with Crippen molar-refractivity contribution in [3.05, 3.63) is 0 Å². The quantitative estimate of drug-likeness (QED) is 0.424. The lowest BCUT2D eigenvalue weighted by atomic mass is 11.9. The van der Waals surface area contributed by atoms with Crippen molar-refractivity contribution < 1.29 is 8.91 Å². The maximum absolute atomic E-state index is 7.14. The van der Waals surface area contributed by atoms with Gasteiger partial charge in [0.1, 0.15) is 21.0 Å². The van der Waals surface area contributed by atoms with E-state index < -0.39 is 9.04 Å². The molecule has 0 spiro atoms. The fourth-order valence-corrected chi connectivity index (χ4v) is 0. The van der Waals surface area contributed by atoms with Crippen LogP contribution >= 0.6 is 0 Å². The molecule has 0 radical (unpaired) electrons. The average molecular weight is 154 g/mol. The van der Waals surface area contributed by atoms with Gasteiger partial charge in [0.2, 0.25) is 0 Å². The summed E-state index contributed by atoms with van der Waals surface area (Å²) in [7, 11) is 0.653. The molecule has 46 valence electrons. The van der Waals surface area contributed by atoms with Crippen LogP contribution < -0.4 is 0 Å². The van der Waals surface area contributed by atoms with Crippen molar-refractivity contribution in [1.82, 2.24) is 0 Å². The molecule has 0 unspecified atom stereocenters. The van der Waals surface area contributed by atoms with Gasteiger partial charge in [0, 0.05) is 0 Å². The van der Waals surface area contributed by atoms with Gasteiger partial charge in [-0.15, -0.1) is 0 Å². The molecule has 0 aromatic heterocycles. The second-order valence-corrected chi connectivity index (χ2v) is 5.27. The van der Waals surface area contributed by atoms with Crippen molar-refractivity contribution in [2.24, 2.45) is 0 Å². The zero-order valence-electron chi connectivity index (χ0n) is 5.43. The van der Waals surface area contributed by atoms with E-state index in [-0.39, 0.29) is 0 Å². The van der Waals surface area contributed by atoms with Crippen LogP contribution in [0.1, 0.15) is 0 Å². The van der Waals surface area contributed by atoms with E-state index in [2.05, 4.69) is 13.1 Å². The van der Waals surface area contributed by atoms with E-state index in [4.69, 9.17) is 8.91 Å². The Kier molecular flexibility index (Phi) is 14.7. The highest BCUT2D eigenvalue weighted by Gasteiger charge is 1.82. The van der Waals surface area contributed by atoms with Crippen molar-refractivity contribution >= 4 is 30.0 Å². The number of hydrogen-bond donors (Lipinski definition) is 1. The largest absolute Gasteiger partial charge is 0.466 e. The zero-order chi connectivity index (χ0) is 6.28. The first-order chi connectivity index (χ1) is 3.27. The van der Waals surface area contributed by atoms with Gasteiger partial charge in [0.15, 0.2) is 9.04 Å². The summed E-state index contributed by atoms with van der Waals surface area (Å²) in [6.45, 7) is 4.35. The second-order valence-electron chi connectivity index (χ2n) is 1.28. The molecule has 7 heavy (non-hydrogen) atoms. The van der Waals surface area contributed by atoms with Crippen LogP contribution in [0.2, 0.25) is 13.1 Å². The molecule has 0 aliphatic carbocycles. The molecule has 0 saturated heterocycles. The molecule has 0 fully saturated rings. The standard InChI is InChI=1S/C2H10OSi2.H4OSi/c1-5(2)3-4;1-2/h5H,1-2,4H3;1H,2H3. The second kappa shape index (κ2) is 9.76. The Morgan fingerprint density at radius 1 is 1.43 bits per heavy atom. The van der Waals surface area contributed by atoms with E-state index in [1.54, 1.807) is 0 Å². The third-order valence-corrected chi connectivity index (χ3v) is 4.24. The molecule has 0 bridgehead atoms. The Bertz CT molecular complexity index is 24.9. The molecule has 0 saturated carbocycles. The first-order valence-electron chi connectivity index (χ1n) is 2.25. The fraction of sp³-hybridized carbons (Fsp3) is 1.00. The molecular formula is C2H14O2Si3. The van der Waals surface area contributed by atoms with Crippen LogP contribution in [0.4, 0.5) is 0 Å². The summed E-state index contributed by atoms with van der Waals surface area (Å²) in [5.41, 5.74) is 0. The first kappa shape index (κ1) is 10.5. The Labute approximate surface area is 52.7 Å². The molecule has 1 N–H and O–H groups in total.